The van der Waals surface area contributed by atoms with Crippen molar-refractivity contribution in [2.75, 3.05) is 37.0 Å². The molecule has 1 heterocycles. The van der Waals surface area contributed by atoms with Crippen LogP contribution in [0, 0.1) is 0 Å². The number of amides is 2. The molecule has 6 heteroatoms. The largest absolute Gasteiger partial charge is 0.378 e. The third-order valence-electron chi connectivity index (χ3n) is 3.63. The monoisotopic (exact) mass is 291 g/mol. The van der Waals surface area contributed by atoms with E-state index in [1.54, 1.807) is 13.1 Å². The van der Waals surface area contributed by atoms with E-state index in [1.807, 2.05) is 31.0 Å². The number of fused-ring (bicyclic) bond motifs is 1. The summed E-state index contributed by atoms with van der Waals surface area (Å²) in [6.45, 7) is 2.92. The lowest BCUT2D eigenvalue weighted by Gasteiger charge is -2.20. The number of nitrogens with one attached hydrogen (secondary N) is 1. The van der Waals surface area contributed by atoms with Gasteiger partial charge in [-0.05, 0) is 18.6 Å². The Bertz CT molecular complexity index is 559. The molecular weight excluding hydrogens is 270 g/mol. The second-order valence-corrected chi connectivity index (χ2v) is 5.25. The smallest absolute Gasteiger partial charge is 0.260 e. The normalized spacial score (nSPS) is 16.9. The van der Waals surface area contributed by atoms with Crippen molar-refractivity contribution >= 4 is 23.2 Å². The average Bonchev–Trinajstić information content (AvgIpc) is 2.69. The standard InChI is InChI=1S/C15H21N3O3/c1-4-7-16-13(19)9-17(2)10-5-6-11-12(8-10)18(3)15(21)14(11)20/h5-6,8,14,20H,4,7,9H2,1-3H3,(H,16,19). The maximum Gasteiger partial charge on any atom is 0.260 e. The molecule has 1 unspecified atom stereocenters. The van der Waals surface area contributed by atoms with Gasteiger partial charge in [0.25, 0.3) is 5.91 Å². The molecule has 1 aromatic carbocycles. The van der Waals surface area contributed by atoms with Gasteiger partial charge in [0, 0.05) is 31.9 Å². The highest BCUT2D eigenvalue weighted by Gasteiger charge is 2.33. The van der Waals surface area contributed by atoms with Crippen LogP contribution in [0.3, 0.4) is 0 Å². The summed E-state index contributed by atoms with van der Waals surface area (Å²) in [7, 11) is 3.45. The second-order valence-electron chi connectivity index (χ2n) is 5.25. The number of hydrogen-bond donors (Lipinski definition) is 2. The van der Waals surface area contributed by atoms with Crippen molar-refractivity contribution < 1.29 is 14.7 Å². The molecule has 0 bridgehead atoms. The number of likely N-dealkylation sites (N-methyl/N-ethyl adjacent to an activating group) is 2. The molecule has 1 aromatic rings. The SMILES string of the molecule is CCCNC(=O)CN(C)c1ccc2c(c1)N(C)C(=O)C2O. The fourth-order valence-electron chi connectivity index (χ4n) is 2.35. The van der Waals surface area contributed by atoms with Crippen molar-refractivity contribution in [2.45, 2.75) is 19.4 Å². The molecule has 2 rings (SSSR count). The van der Waals surface area contributed by atoms with Crippen molar-refractivity contribution in [2.24, 2.45) is 0 Å². The van der Waals surface area contributed by atoms with Gasteiger partial charge in [-0.2, -0.15) is 0 Å². The minimum atomic E-state index is -1.09. The van der Waals surface area contributed by atoms with Gasteiger partial charge in [-0.25, -0.2) is 0 Å². The molecule has 0 aliphatic carbocycles. The Morgan fingerprint density at radius 3 is 2.86 bits per heavy atom. The first-order chi connectivity index (χ1) is 9.95. The number of aliphatic hydroxyl groups is 1. The van der Waals surface area contributed by atoms with Gasteiger partial charge in [0.15, 0.2) is 6.10 Å². The summed E-state index contributed by atoms with van der Waals surface area (Å²) in [6, 6.07) is 5.36. The van der Waals surface area contributed by atoms with E-state index in [2.05, 4.69) is 5.32 Å². The van der Waals surface area contributed by atoms with E-state index in [0.29, 0.717) is 17.8 Å². The third-order valence-corrected chi connectivity index (χ3v) is 3.63. The van der Waals surface area contributed by atoms with Crippen LogP contribution >= 0.6 is 0 Å². The fraction of sp³-hybridized carbons (Fsp3) is 0.467. The van der Waals surface area contributed by atoms with Gasteiger partial charge < -0.3 is 20.2 Å². The predicted molar refractivity (Wildman–Crippen MR) is 81.4 cm³/mol. The Labute approximate surface area is 124 Å². The Balaban J connectivity index is 2.12. The molecule has 114 valence electrons. The lowest BCUT2D eigenvalue weighted by atomic mass is 10.1. The first-order valence-electron chi connectivity index (χ1n) is 7.03. The number of carbonyl (C=O) groups excluding carboxylic acids is 2. The molecule has 2 amide bonds. The molecular formula is C15H21N3O3. The van der Waals surface area contributed by atoms with E-state index < -0.39 is 6.10 Å². The summed E-state index contributed by atoms with van der Waals surface area (Å²) < 4.78 is 0. The van der Waals surface area contributed by atoms with E-state index in [1.165, 1.54) is 4.90 Å². The maximum atomic E-state index is 11.7. The topological polar surface area (TPSA) is 72.9 Å². The Morgan fingerprint density at radius 2 is 2.19 bits per heavy atom. The lowest BCUT2D eigenvalue weighted by molar-refractivity contribution is -0.125. The van der Waals surface area contributed by atoms with Gasteiger partial charge in [0.2, 0.25) is 5.91 Å². The molecule has 0 spiro atoms. The molecule has 0 saturated carbocycles. The second kappa shape index (κ2) is 6.13. The average molecular weight is 291 g/mol. The molecule has 0 fully saturated rings. The Hall–Kier alpha value is -2.08. The van der Waals surface area contributed by atoms with Crippen LogP contribution in [-0.4, -0.2) is 44.1 Å². The summed E-state index contributed by atoms with van der Waals surface area (Å²) in [5.41, 5.74) is 2.12. The molecule has 1 aliphatic heterocycles. The number of anilines is 2. The number of aliphatic hydroxyl groups excluding tert-OH is 1. The Morgan fingerprint density at radius 1 is 1.48 bits per heavy atom. The number of rotatable bonds is 5. The lowest BCUT2D eigenvalue weighted by Crippen LogP contribution is -2.35. The summed E-state index contributed by atoms with van der Waals surface area (Å²) in [6.07, 6.45) is -0.184. The number of nitrogens with zero attached hydrogens (tertiary/aromatic N) is 2. The first-order valence-corrected chi connectivity index (χ1v) is 7.03. The molecule has 21 heavy (non-hydrogen) atoms. The maximum absolute atomic E-state index is 11.7. The predicted octanol–water partition coefficient (Wildman–Crippen LogP) is 0.659. The quantitative estimate of drug-likeness (QED) is 0.836. The number of carbonyl (C=O) groups is 2. The van der Waals surface area contributed by atoms with Crippen molar-refractivity contribution in [3.8, 4) is 0 Å². The first kappa shape index (κ1) is 15.3. The molecule has 0 aromatic heterocycles. The zero-order valence-corrected chi connectivity index (χ0v) is 12.6. The zero-order chi connectivity index (χ0) is 15.6. The van der Waals surface area contributed by atoms with Crippen LogP contribution in [0.2, 0.25) is 0 Å². The van der Waals surface area contributed by atoms with Crippen LogP contribution in [-0.2, 0) is 9.59 Å². The van der Waals surface area contributed by atoms with Gasteiger partial charge >= 0.3 is 0 Å². The van der Waals surface area contributed by atoms with Gasteiger partial charge in [0.1, 0.15) is 0 Å². The molecule has 2 N–H and O–H groups in total. The fourth-order valence-corrected chi connectivity index (χ4v) is 2.35. The third kappa shape index (κ3) is 3.00. The number of hydrogen-bond acceptors (Lipinski definition) is 4. The molecule has 6 nitrogen and oxygen atoms in total. The van der Waals surface area contributed by atoms with Gasteiger partial charge in [0.05, 0.1) is 12.2 Å². The van der Waals surface area contributed by atoms with Crippen LogP contribution in [0.1, 0.15) is 25.0 Å². The van der Waals surface area contributed by atoms with Gasteiger partial charge in [-0.1, -0.05) is 13.0 Å². The molecule has 0 saturated heterocycles. The van der Waals surface area contributed by atoms with E-state index in [0.717, 1.165) is 12.1 Å². The molecule has 1 aliphatic rings. The summed E-state index contributed by atoms with van der Waals surface area (Å²) >= 11 is 0. The Kier molecular flexibility index (Phi) is 4.47. The van der Waals surface area contributed by atoms with E-state index in [-0.39, 0.29) is 18.4 Å². The molecule has 0 radical (unpaired) electrons. The van der Waals surface area contributed by atoms with Crippen molar-refractivity contribution in [1.82, 2.24) is 5.32 Å². The highest BCUT2D eigenvalue weighted by atomic mass is 16.3. The van der Waals surface area contributed by atoms with E-state index >= 15 is 0 Å². The highest BCUT2D eigenvalue weighted by molar-refractivity contribution is 6.04. The minimum Gasteiger partial charge on any atom is -0.378 e. The van der Waals surface area contributed by atoms with Crippen LogP contribution in [0.5, 0.6) is 0 Å². The molecule has 1 atom stereocenters. The highest BCUT2D eigenvalue weighted by Crippen LogP contribution is 2.37. The summed E-state index contributed by atoms with van der Waals surface area (Å²) in [4.78, 5) is 26.7. The van der Waals surface area contributed by atoms with Gasteiger partial charge in [-0.15, -0.1) is 0 Å². The van der Waals surface area contributed by atoms with Crippen LogP contribution < -0.4 is 15.1 Å². The van der Waals surface area contributed by atoms with E-state index in [9.17, 15) is 14.7 Å². The zero-order valence-electron chi connectivity index (χ0n) is 12.6. The van der Waals surface area contributed by atoms with Crippen molar-refractivity contribution in [1.29, 1.82) is 0 Å². The summed E-state index contributed by atoms with van der Waals surface area (Å²) in [5, 5.41) is 12.6. The van der Waals surface area contributed by atoms with E-state index in [4.69, 9.17) is 0 Å². The van der Waals surface area contributed by atoms with Crippen molar-refractivity contribution in [3.63, 3.8) is 0 Å². The minimum absolute atomic E-state index is 0.0377. The number of benzene rings is 1. The van der Waals surface area contributed by atoms with Crippen LogP contribution in [0.4, 0.5) is 11.4 Å². The summed E-state index contributed by atoms with van der Waals surface area (Å²) in [5.74, 6) is -0.366. The van der Waals surface area contributed by atoms with Gasteiger partial charge in [-0.3, -0.25) is 9.59 Å². The van der Waals surface area contributed by atoms with Crippen LogP contribution in [0.15, 0.2) is 18.2 Å². The van der Waals surface area contributed by atoms with Crippen molar-refractivity contribution in [3.05, 3.63) is 23.8 Å². The van der Waals surface area contributed by atoms with Crippen LogP contribution in [0.25, 0.3) is 0 Å².